The average molecular weight is 290 g/mol. The van der Waals surface area contributed by atoms with Crippen molar-refractivity contribution in [3.8, 4) is 0 Å². The summed E-state index contributed by atoms with van der Waals surface area (Å²) in [7, 11) is 1.83. The first-order valence-corrected chi connectivity index (χ1v) is 6.85. The number of pyridine rings is 1. The van der Waals surface area contributed by atoms with Crippen molar-refractivity contribution in [3.05, 3.63) is 36.4 Å². The van der Waals surface area contributed by atoms with E-state index in [1.54, 1.807) is 23.3 Å². The average Bonchev–Trinajstić information content (AvgIpc) is 2.89. The minimum absolute atomic E-state index is 0.189. The summed E-state index contributed by atoms with van der Waals surface area (Å²) in [6.07, 6.45) is 4.95. The number of rotatable bonds is 5. The lowest BCUT2D eigenvalue weighted by atomic mass is 10.2. The standard InChI is InChI=1S/C12H14N6OS/c1-9(10-3-5-13-6-4-10)15-16-11(19)7-20-12-17-14-8-18(12)2/h3-6,8H,7H2,1-2H3,(H,16,19)/b15-9-. The van der Waals surface area contributed by atoms with Gasteiger partial charge in [-0.15, -0.1) is 10.2 Å². The fraction of sp³-hybridized carbons (Fsp3) is 0.250. The Hall–Kier alpha value is -2.22. The van der Waals surface area contributed by atoms with Gasteiger partial charge in [-0.25, -0.2) is 5.43 Å². The van der Waals surface area contributed by atoms with Gasteiger partial charge in [-0.1, -0.05) is 11.8 Å². The highest BCUT2D eigenvalue weighted by atomic mass is 32.2. The van der Waals surface area contributed by atoms with Gasteiger partial charge in [0.25, 0.3) is 5.91 Å². The Kier molecular flexibility index (Phi) is 4.83. The number of nitrogens with one attached hydrogen (secondary N) is 1. The molecule has 0 aliphatic rings. The van der Waals surface area contributed by atoms with Crippen molar-refractivity contribution in [2.45, 2.75) is 12.1 Å². The van der Waals surface area contributed by atoms with Crippen LogP contribution in [0.5, 0.6) is 0 Å². The van der Waals surface area contributed by atoms with Crippen LogP contribution in [0.15, 0.2) is 41.1 Å². The molecule has 1 N–H and O–H groups in total. The van der Waals surface area contributed by atoms with Crippen molar-refractivity contribution in [2.24, 2.45) is 12.1 Å². The van der Waals surface area contributed by atoms with Crippen LogP contribution in [-0.2, 0) is 11.8 Å². The smallest absolute Gasteiger partial charge is 0.250 e. The molecule has 2 aromatic rings. The summed E-state index contributed by atoms with van der Waals surface area (Å²) in [6, 6.07) is 3.67. The van der Waals surface area contributed by atoms with Crippen LogP contribution in [0.1, 0.15) is 12.5 Å². The molecule has 0 aliphatic carbocycles. The van der Waals surface area contributed by atoms with Gasteiger partial charge < -0.3 is 4.57 Å². The van der Waals surface area contributed by atoms with Crippen LogP contribution >= 0.6 is 11.8 Å². The third kappa shape index (κ3) is 3.89. The zero-order chi connectivity index (χ0) is 14.4. The molecular weight excluding hydrogens is 276 g/mol. The number of thioether (sulfide) groups is 1. The minimum atomic E-state index is -0.189. The molecule has 0 spiro atoms. The monoisotopic (exact) mass is 290 g/mol. The van der Waals surface area contributed by atoms with E-state index >= 15 is 0 Å². The highest BCUT2D eigenvalue weighted by Gasteiger charge is 2.06. The van der Waals surface area contributed by atoms with Crippen LogP contribution in [-0.4, -0.2) is 37.1 Å². The number of carbonyl (C=O) groups excluding carboxylic acids is 1. The molecule has 20 heavy (non-hydrogen) atoms. The van der Waals surface area contributed by atoms with Gasteiger partial charge in [0.1, 0.15) is 6.33 Å². The number of aromatic nitrogens is 4. The molecule has 0 aromatic carbocycles. The molecule has 0 bridgehead atoms. The van der Waals surface area contributed by atoms with E-state index in [1.165, 1.54) is 11.8 Å². The topological polar surface area (TPSA) is 85.1 Å². The maximum Gasteiger partial charge on any atom is 0.250 e. The van der Waals surface area contributed by atoms with Gasteiger partial charge in [-0.3, -0.25) is 9.78 Å². The van der Waals surface area contributed by atoms with E-state index in [9.17, 15) is 4.79 Å². The minimum Gasteiger partial charge on any atom is -0.312 e. The summed E-state index contributed by atoms with van der Waals surface area (Å²) in [5.74, 6) is 0.0473. The lowest BCUT2D eigenvalue weighted by Gasteiger charge is -2.02. The van der Waals surface area contributed by atoms with Gasteiger partial charge in [-0.05, 0) is 19.1 Å². The van der Waals surface area contributed by atoms with Gasteiger partial charge in [0.2, 0.25) is 0 Å². The van der Waals surface area contributed by atoms with E-state index < -0.39 is 0 Å². The second-order valence-corrected chi connectivity index (χ2v) is 4.92. The molecule has 2 aromatic heterocycles. The number of amides is 1. The van der Waals surface area contributed by atoms with Crippen molar-refractivity contribution in [2.75, 3.05) is 5.75 Å². The van der Waals surface area contributed by atoms with Crippen LogP contribution in [0.3, 0.4) is 0 Å². The first kappa shape index (κ1) is 14.2. The second-order valence-electron chi connectivity index (χ2n) is 3.98. The van der Waals surface area contributed by atoms with Crippen molar-refractivity contribution in [1.82, 2.24) is 25.2 Å². The second kappa shape index (κ2) is 6.80. The maximum atomic E-state index is 11.7. The molecule has 7 nitrogen and oxygen atoms in total. The Morgan fingerprint density at radius 1 is 1.45 bits per heavy atom. The largest absolute Gasteiger partial charge is 0.312 e. The quantitative estimate of drug-likeness (QED) is 0.501. The van der Waals surface area contributed by atoms with Crippen molar-refractivity contribution < 1.29 is 4.79 Å². The van der Waals surface area contributed by atoms with Crippen molar-refractivity contribution in [3.63, 3.8) is 0 Å². The van der Waals surface area contributed by atoms with E-state index in [1.807, 2.05) is 26.1 Å². The van der Waals surface area contributed by atoms with Crippen LogP contribution < -0.4 is 5.43 Å². The van der Waals surface area contributed by atoms with Gasteiger partial charge in [0.15, 0.2) is 5.16 Å². The fourth-order valence-corrected chi connectivity index (χ4v) is 2.05. The third-order valence-corrected chi connectivity index (χ3v) is 3.48. The summed E-state index contributed by atoms with van der Waals surface area (Å²) in [5, 5.41) is 12.4. The predicted octanol–water partition coefficient (Wildman–Crippen LogP) is 0.843. The molecule has 0 fully saturated rings. The molecular formula is C12H14N6OS. The maximum absolute atomic E-state index is 11.7. The lowest BCUT2D eigenvalue weighted by Crippen LogP contribution is -2.21. The number of nitrogens with zero attached hydrogens (tertiary/aromatic N) is 5. The molecule has 1 amide bonds. The summed E-state index contributed by atoms with van der Waals surface area (Å²) < 4.78 is 1.75. The number of carbonyl (C=O) groups is 1. The summed E-state index contributed by atoms with van der Waals surface area (Å²) in [5.41, 5.74) is 4.16. The normalized spacial score (nSPS) is 11.4. The first-order chi connectivity index (χ1) is 9.66. The van der Waals surface area contributed by atoms with E-state index in [0.717, 1.165) is 11.3 Å². The number of aryl methyl sites for hydroxylation is 1. The van der Waals surface area contributed by atoms with Crippen LogP contribution in [0.4, 0.5) is 0 Å². The SMILES string of the molecule is C/C(=N/NC(=O)CSc1nncn1C)c1ccncc1. The van der Waals surface area contributed by atoms with Gasteiger partial charge in [0.05, 0.1) is 11.5 Å². The Morgan fingerprint density at radius 3 is 2.85 bits per heavy atom. The predicted molar refractivity (Wildman–Crippen MR) is 76.3 cm³/mol. The Bertz CT molecular complexity index is 609. The summed E-state index contributed by atoms with van der Waals surface area (Å²) in [6.45, 7) is 1.82. The van der Waals surface area contributed by atoms with Gasteiger partial charge in [0, 0.05) is 25.0 Å². The van der Waals surface area contributed by atoms with E-state index in [-0.39, 0.29) is 11.7 Å². The zero-order valence-electron chi connectivity index (χ0n) is 11.1. The fourth-order valence-electron chi connectivity index (χ4n) is 1.37. The van der Waals surface area contributed by atoms with E-state index in [2.05, 4.69) is 25.7 Å². The van der Waals surface area contributed by atoms with Gasteiger partial charge >= 0.3 is 0 Å². The van der Waals surface area contributed by atoms with Gasteiger partial charge in [-0.2, -0.15) is 5.10 Å². The van der Waals surface area contributed by atoms with Crippen LogP contribution in [0, 0.1) is 0 Å². The number of hydrazone groups is 1. The molecule has 104 valence electrons. The third-order valence-electron chi connectivity index (χ3n) is 2.45. The van der Waals surface area contributed by atoms with Crippen molar-refractivity contribution >= 4 is 23.4 Å². The van der Waals surface area contributed by atoms with Crippen LogP contribution in [0.2, 0.25) is 0 Å². The number of hydrogen-bond donors (Lipinski definition) is 1. The molecule has 0 saturated heterocycles. The zero-order valence-corrected chi connectivity index (χ0v) is 12.0. The summed E-state index contributed by atoms with van der Waals surface area (Å²) >= 11 is 1.31. The molecule has 0 atom stereocenters. The van der Waals surface area contributed by atoms with Crippen LogP contribution in [0.25, 0.3) is 0 Å². The molecule has 2 rings (SSSR count). The number of hydrogen-bond acceptors (Lipinski definition) is 6. The van der Waals surface area contributed by atoms with E-state index in [0.29, 0.717) is 5.16 Å². The molecule has 2 heterocycles. The molecule has 8 heteroatoms. The highest BCUT2D eigenvalue weighted by Crippen LogP contribution is 2.12. The molecule has 0 saturated carbocycles. The molecule has 0 unspecified atom stereocenters. The Labute approximate surface area is 120 Å². The Balaban J connectivity index is 1.85. The molecule has 0 radical (unpaired) electrons. The van der Waals surface area contributed by atoms with E-state index in [4.69, 9.17) is 0 Å². The van der Waals surface area contributed by atoms with Crippen molar-refractivity contribution in [1.29, 1.82) is 0 Å². The summed E-state index contributed by atoms with van der Waals surface area (Å²) in [4.78, 5) is 15.6. The highest BCUT2D eigenvalue weighted by molar-refractivity contribution is 7.99. The lowest BCUT2D eigenvalue weighted by molar-refractivity contribution is -0.118. The Morgan fingerprint density at radius 2 is 2.20 bits per heavy atom. The first-order valence-electron chi connectivity index (χ1n) is 5.87. The molecule has 0 aliphatic heterocycles.